The summed E-state index contributed by atoms with van der Waals surface area (Å²) in [6.07, 6.45) is 2.58. The standard InChI is InChI=1S/C19H26N2O5/c1-12(21-10-13-5-4-8-19(13,11-21)18(23)24)17(22)20-14-6-7-15(25-2)16(9-14)26-3/h6-7,9,12-13H,4-5,8,10-11H2,1-3H3,(H,20,22)(H,23,24)/t12?,13-,19+/m0/s1. The van der Waals surface area contributed by atoms with Gasteiger partial charge in [-0.2, -0.15) is 0 Å². The summed E-state index contributed by atoms with van der Waals surface area (Å²) in [5.41, 5.74) is -0.0652. The summed E-state index contributed by atoms with van der Waals surface area (Å²) in [7, 11) is 3.10. The second-order valence-electron chi connectivity index (χ2n) is 7.21. The Hall–Kier alpha value is -2.28. The van der Waals surface area contributed by atoms with Crippen LogP contribution in [0.4, 0.5) is 5.69 Å². The predicted molar refractivity (Wildman–Crippen MR) is 96.6 cm³/mol. The molecule has 0 spiro atoms. The van der Waals surface area contributed by atoms with E-state index in [1.807, 2.05) is 11.8 Å². The molecular formula is C19H26N2O5. The van der Waals surface area contributed by atoms with Crippen molar-refractivity contribution in [1.29, 1.82) is 0 Å². The molecule has 3 atom stereocenters. The average Bonchev–Trinajstić information content (AvgIpc) is 3.19. The van der Waals surface area contributed by atoms with Crippen molar-refractivity contribution in [2.45, 2.75) is 32.2 Å². The van der Waals surface area contributed by atoms with Gasteiger partial charge in [-0.25, -0.2) is 0 Å². The molecule has 26 heavy (non-hydrogen) atoms. The number of nitrogens with one attached hydrogen (secondary N) is 1. The first kappa shape index (κ1) is 18.5. The molecule has 1 amide bonds. The van der Waals surface area contributed by atoms with Crippen LogP contribution in [0.2, 0.25) is 0 Å². The minimum Gasteiger partial charge on any atom is -0.493 e. The third-order valence-electron chi connectivity index (χ3n) is 5.90. The number of methoxy groups -OCH3 is 2. The Labute approximate surface area is 153 Å². The molecule has 1 aliphatic heterocycles. The molecule has 1 heterocycles. The number of carboxylic acid groups (broad SMARTS) is 1. The number of hydrogen-bond donors (Lipinski definition) is 2. The zero-order chi connectivity index (χ0) is 18.9. The Morgan fingerprint density at radius 3 is 2.65 bits per heavy atom. The number of fused-ring (bicyclic) bond motifs is 1. The second-order valence-corrected chi connectivity index (χ2v) is 7.21. The number of amides is 1. The normalized spacial score (nSPS) is 26.2. The maximum absolute atomic E-state index is 12.7. The summed E-state index contributed by atoms with van der Waals surface area (Å²) in [6, 6.07) is 4.80. The van der Waals surface area contributed by atoms with Gasteiger partial charge >= 0.3 is 5.97 Å². The first-order chi connectivity index (χ1) is 12.4. The van der Waals surface area contributed by atoms with Crippen molar-refractivity contribution >= 4 is 17.6 Å². The summed E-state index contributed by atoms with van der Waals surface area (Å²) in [4.78, 5) is 26.5. The van der Waals surface area contributed by atoms with Crippen LogP contribution in [-0.2, 0) is 9.59 Å². The minimum absolute atomic E-state index is 0.135. The van der Waals surface area contributed by atoms with E-state index in [1.54, 1.807) is 32.4 Å². The van der Waals surface area contributed by atoms with Crippen LogP contribution in [0.5, 0.6) is 11.5 Å². The van der Waals surface area contributed by atoms with Crippen molar-refractivity contribution in [2.24, 2.45) is 11.3 Å². The van der Waals surface area contributed by atoms with Crippen molar-refractivity contribution in [1.82, 2.24) is 4.90 Å². The van der Waals surface area contributed by atoms with Crippen molar-refractivity contribution in [2.75, 3.05) is 32.6 Å². The van der Waals surface area contributed by atoms with Crippen LogP contribution in [-0.4, -0.2) is 55.2 Å². The molecule has 3 rings (SSSR count). The number of rotatable bonds is 6. The quantitative estimate of drug-likeness (QED) is 0.807. The van der Waals surface area contributed by atoms with E-state index in [9.17, 15) is 14.7 Å². The van der Waals surface area contributed by atoms with Gasteiger partial charge < -0.3 is 19.9 Å². The van der Waals surface area contributed by atoms with E-state index < -0.39 is 17.4 Å². The molecule has 1 unspecified atom stereocenters. The molecule has 2 N–H and O–H groups in total. The highest BCUT2D eigenvalue weighted by Crippen LogP contribution is 2.49. The average molecular weight is 362 g/mol. The number of hydrogen-bond acceptors (Lipinski definition) is 5. The zero-order valence-electron chi connectivity index (χ0n) is 15.4. The molecule has 1 aliphatic carbocycles. The van der Waals surface area contributed by atoms with Crippen LogP contribution >= 0.6 is 0 Å². The van der Waals surface area contributed by atoms with Crippen molar-refractivity contribution in [3.05, 3.63) is 18.2 Å². The van der Waals surface area contributed by atoms with Gasteiger partial charge in [0.1, 0.15) is 0 Å². The molecule has 1 saturated carbocycles. The van der Waals surface area contributed by atoms with Crippen molar-refractivity contribution in [3.8, 4) is 11.5 Å². The molecule has 7 heteroatoms. The lowest BCUT2D eigenvalue weighted by molar-refractivity contribution is -0.149. The molecule has 1 aromatic rings. The maximum atomic E-state index is 12.7. The summed E-state index contributed by atoms with van der Waals surface area (Å²) >= 11 is 0. The number of aliphatic carboxylic acids is 1. The van der Waals surface area contributed by atoms with Gasteiger partial charge in [-0.15, -0.1) is 0 Å². The van der Waals surface area contributed by atoms with E-state index in [1.165, 1.54) is 0 Å². The van der Waals surface area contributed by atoms with Crippen molar-refractivity contribution in [3.63, 3.8) is 0 Å². The van der Waals surface area contributed by atoms with Gasteiger partial charge in [-0.3, -0.25) is 14.5 Å². The zero-order valence-corrected chi connectivity index (χ0v) is 15.4. The lowest BCUT2D eigenvalue weighted by atomic mass is 9.81. The highest BCUT2D eigenvalue weighted by molar-refractivity contribution is 5.95. The summed E-state index contributed by atoms with van der Waals surface area (Å²) in [5, 5.41) is 12.6. The van der Waals surface area contributed by atoms with E-state index >= 15 is 0 Å². The number of benzene rings is 1. The maximum Gasteiger partial charge on any atom is 0.311 e. The first-order valence-corrected chi connectivity index (χ1v) is 8.91. The second kappa shape index (κ2) is 7.15. The number of carboxylic acids is 1. The van der Waals surface area contributed by atoms with Gasteiger partial charge in [0.15, 0.2) is 11.5 Å². The highest BCUT2D eigenvalue weighted by atomic mass is 16.5. The molecule has 7 nitrogen and oxygen atoms in total. The fourth-order valence-corrected chi connectivity index (χ4v) is 4.30. The Balaban J connectivity index is 1.68. The third kappa shape index (κ3) is 3.11. The van der Waals surface area contributed by atoms with E-state index in [4.69, 9.17) is 9.47 Å². The number of likely N-dealkylation sites (tertiary alicyclic amines) is 1. The van der Waals surface area contributed by atoms with Gasteiger partial charge in [-0.05, 0) is 37.8 Å². The fourth-order valence-electron chi connectivity index (χ4n) is 4.30. The SMILES string of the molecule is COc1ccc(NC(=O)C(C)N2C[C@@H]3CCC[C@@]3(C(=O)O)C2)cc1OC. The van der Waals surface area contributed by atoms with E-state index in [0.29, 0.717) is 36.7 Å². The summed E-state index contributed by atoms with van der Waals surface area (Å²) in [5.74, 6) is 0.386. The molecule has 0 aromatic heterocycles. The topological polar surface area (TPSA) is 88.1 Å². The summed E-state index contributed by atoms with van der Waals surface area (Å²) in [6.45, 7) is 2.92. The van der Waals surface area contributed by atoms with Gasteiger partial charge in [0, 0.05) is 24.8 Å². The van der Waals surface area contributed by atoms with Crippen LogP contribution < -0.4 is 14.8 Å². The van der Waals surface area contributed by atoms with Gasteiger partial charge in [0.25, 0.3) is 0 Å². The van der Waals surface area contributed by atoms with Gasteiger partial charge in [0.2, 0.25) is 5.91 Å². The molecule has 142 valence electrons. The fraction of sp³-hybridized carbons (Fsp3) is 0.579. The predicted octanol–water partition coefficient (Wildman–Crippen LogP) is 2.22. The number of anilines is 1. The Morgan fingerprint density at radius 1 is 1.31 bits per heavy atom. The number of nitrogens with zero attached hydrogens (tertiary/aromatic N) is 1. The number of carbonyl (C=O) groups is 2. The molecule has 0 radical (unpaired) electrons. The third-order valence-corrected chi connectivity index (χ3v) is 5.90. The first-order valence-electron chi connectivity index (χ1n) is 8.91. The lowest BCUT2D eigenvalue weighted by Crippen LogP contribution is -2.43. The molecule has 2 fully saturated rings. The molecule has 1 saturated heterocycles. The van der Waals surface area contributed by atoms with Crippen LogP contribution in [0.1, 0.15) is 26.2 Å². The smallest absolute Gasteiger partial charge is 0.311 e. The molecule has 1 aromatic carbocycles. The van der Waals surface area contributed by atoms with Crippen LogP contribution in [0.25, 0.3) is 0 Å². The monoisotopic (exact) mass is 362 g/mol. The van der Waals surface area contributed by atoms with Crippen molar-refractivity contribution < 1.29 is 24.2 Å². The van der Waals surface area contributed by atoms with E-state index in [2.05, 4.69) is 5.32 Å². The van der Waals surface area contributed by atoms with Crippen LogP contribution in [0.15, 0.2) is 18.2 Å². The van der Waals surface area contributed by atoms with Crippen LogP contribution in [0.3, 0.4) is 0 Å². The summed E-state index contributed by atoms with van der Waals surface area (Å²) < 4.78 is 10.5. The highest BCUT2D eigenvalue weighted by Gasteiger charge is 2.55. The Kier molecular flexibility index (Phi) is 5.09. The van der Waals surface area contributed by atoms with Gasteiger partial charge in [0.05, 0.1) is 25.7 Å². The van der Waals surface area contributed by atoms with E-state index in [0.717, 1.165) is 12.8 Å². The molecule has 0 bridgehead atoms. The molecule has 2 aliphatic rings. The molecular weight excluding hydrogens is 336 g/mol. The minimum atomic E-state index is -0.727. The number of carbonyl (C=O) groups excluding carboxylic acids is 1. The van der Waals surface area contributed by atoms with E-state index in [-0.39, 0.29) is 11.8 Å². The lowest BCUT2D eigenvalue weighted by Gasteiger charge is -2.26. The number of ether oxygens (including phenoxy) is 2. The largest absolute Gasteiger partial charge is 0.493 e. The Morgan fingerprint density at radius 2 is 2.04 bits per heavy atom. The Bertz CT molecular complexity index is 707. The van der Waals surface area contributed by atoms with Gasteiger partial charge in [-0.1, -0.05) is 6.42 Å². The van der Waals surface area contributed by atoms with Crippen LogP contribution in [0, 0.1) is 11.3 Å².